The Bertz CT molecular complexity index is 945. The van der Waals surface area contributed by atoms with Crippen LogP contribution in [0.2, 0.25) is 0 Å². The van der Waals surface area contributed by atoms with Gasteiger partial charge in [0.15, 0.2) is 0 Å². The van der Waals surface area contributed by atoms with Crippen molar-refractivity contribution in [1.29, 1.82) is 0 Å². The summed E-state index contributed by atoms with van der Waals surface area (Å²) in [7, 11) is 0. The van der Waals surface area contributed by atoms with E-state index in [9.17, 15) is 19.8 Å². The van der Waals surface area contributed by atoms with Crippen LogP contribution in [0.5, 0.6) is 0 Å². The van der Waals surface area contributed by atoms with Crippen molar-refractivity contribution in [2.24, 2.45) is 0 Å². The second-order valence-electron chi connectivity index (χ2n) is 6.38. The van der Waals surface area contributed by atoms with Gasteiger partial charge >= 0.3 is 11.9 Å². The molecule has 3 aromatic rings. The average molecular weight is 504 g/mol. The fraction of sp³-hybridized carbons (Fsp3) is 0.0909. The van der Waals surface area contributed by atoms with Crippen molar-refractivity contribution in [1.82, 2.24) is 0 Å². The first-order valence-electron chi connectivity index (χ1n) is 8.45. The highest BCUT2D eigenvalue weighted by molar-refractivity contribution is 9.10. The van der Waals surface area contributed by atoms with Crippen molar-refractivity contribution in [3.63, 3.8) is 0 Å². The molecule has 0 amide bonds. The van der Waals surface area contributed by atoms with E-state index in [4.69, 9.17) is 0 Å². The van der Waals surface area contributed by atoms with Gasteiger partial charge in [0.05, 0.1) is 11.1 Å². The second kappa shape index (κ2) is 8.71. The Labute approximate surface area is 179 Å². The highest BCUT2D eigenvalue weighted by Gasteiger charge is 2.19. The van der Waals surface area contributed by atoms with E-state index in [1.807, 2.05) is 48.5 Å². The summed E-state index contributed by atoms with van der Waals surface area (Å²) in [4.78, 5) is 23.5. The molecule has 142 valence electrons. The molecule has 0 saturated carbocycles. The molecule has 0 aliphatic heterocycles. The molecule has 0 saturated heterocycles. The maximum Gasteiger partial charge on any atom is 0.336 e. The number of rotatable bonds is 6. The first-order chi connectivity index (χ1) is 13.3. The molecule has 0 aromatic heterocycles. The summed E-state index contributed by atoms with van der Waals surface area (Å²) in [5.74, 6) is -2.27. The normalized spacial score (nSPS) is 10.6. The van der Waals surface area contributed by atoms with Crippen LogP contribution in [0.25, 0.3) is 0 Å². The molecule has 2 N–H and O–H groups in total. The van der Waals surface area contributed by atoms with E-state index in [0.29, 0.717) is 24.0 Å². The number of benzene rings is 3. The van der Waals surface area contributed by atoms with Gasteiger partial charge in [-0.2, -0.15) is 0 Å². The van der Waals surface area contributed by atoms with Crippen molar-refractivity contribution in [2.45, 2.75) is 12.8 Å². The van der Waals surface area contributed by atoms with E-state index >= 15 is 0 Å². The van der Waals surface area contributed by atoms with Crippen molar-refractivity contribution in [3.05, 3.63) is 103 Å². The van der Waals surface area contributed by atoms with E-state index in [1.54, 1.807) is 6.07 Å². The summed E-state index contributed by atoms with van der Waals surface area (Å²) in [6.45, 7) is 0. The quantitative estimate of drug-likeness (QED) is 0.446. The van der Waals surface area contributed by atoms with Crippen LogP contribution in [0.4, 0.5) is 0 Å². The molecule has 6 heteroatoms. The highest BCUT2D eigenvalue weighted by Crippen LogP contribution is 2.24. The van der Waals surface area contributed by atoms with Crippen molar-refractivity contribution < 1.29 is 19.8 Å². The maximum absolute atomic E-state index is 11.7. The molecule has 0 spiro atoms. The zero-order valence-electron chi connectivity index (χ0n) is 14.7. The lowest BCUT2D eigenvalue weighted by Gasteiger charge is -2.13. The molecule has 0 bridgehead atoms. The van der Waals surface area contributed by atoms with E-state index in [1.165, 1.54) is 6.07 Å². The van der Waals surface area contributed by atoms with Gasteiger partial charge in [0.1, 0.15) is 0 Å². The summed E-state index contributed by atoms with van der Waals surface area (Å²) >= 11 is 6.77. The van der Waals surface area contributed by atoms with Crippen molar-refractivity contribution in [3.8, 4) is 0 Å². The van der Waals surface area contributed by atoms with Gasteiger partial charge in [-0.05, 0) is 65.4 Å². The highest BCUT2D eigenvalue weighted by atomic mass is 79.9. The van der Waals surface area contributed by atoms with Gasteiger partial charge in [0.25, 0.3) is 0 Å². The van der Waals surface area contributed by atoms with E-state index in [0.717, 1.165) is 20.1 Å². The van der Waals surface area contributed by atoms with Crippen LogP contribution in [-0.4, -0.2) is 22.2 Å². The van der Waals surface area contributed by atoms with Crippen LogP contribution in [0.15, 0.2) is 69.6 Å². The van der Waals surface area contributed by atoms with Gasteiger partial charge in [0, 0.05) is 8.95 Å². The number of halogens is 2. The number of hydrogen-bond acceptors (Lipinski definition) is 2. The summed E-state index contributed by atoms with van der Waals surface area (Å²) in [5, 5.41) is 19.2. The Hall–Kier alpha value is -2.44. The zero-order chi connectivity index (χ0) is 20.3. The fourth-order valence-corrected chi connectivity index (χ4v) is 3.56. The minimum Gasteiger partial charge on any atom is -0.478 e. The van der Waals surface area contributed by atoms with Gasteiger partial charge in [-0.15, -0.1) is 0 Å². The molecule has 0 aliphatic carbocycles. The van der Waals surface area contributed by atoms with Crippen molar-refractivity contribution in [2.75, 3.05) is 0 Å². The SMILES string of the molecule is O=C(O)c1cc(C(=O)O)c(Cc2ccc(Br)cc2)cc1Cc1ccc(Br)cc1. The summed E-state index contributed by atoms with van der Waals surface area (Å²) in [5.41, 5.74) is 3.10. The second-order valence-corrected chi connectivity index (χ2v) is 8.21. The topological polar surface area (TPSA) is 74.6 Å². The third-order valence-electron chi connectivity index (χ3n) is 4.41. The number of aromatic carboxylic acids is 2. The Balaban J connectivity index is 2.06. The zero-order valence-corrected chi connectivity index (χ0v) is 17.8. The monoisotopic (exact) mass is 502 g/mol. The van der Waals surface area contributed by atoms with Gasteiger partial charge in [-0.25, -0.2) is 9.59 Å². The summed E-state index contributed by atoms with van der Waals surface area (Å²) in [6, 6.07) is 18.2. The van der Waals surface area contributed by atoms with E-state index in [-0.39, 0.29) is 11.1 Å². The Morgan fingerprint density at radius 3 is 1.32 bits per heavy atom. The van der Waals surface area contributed by atoms with Crippen LogP contribution in [-0.2, 0) is 12.8 Å². The molecule has 0 atom stereocenters. The first-order valence-corrected chi connectivity index (χ1v) is 10.0. The summed E-state index contributed by atoms with van der Waals surface area (Å²) in [6.07, 6.45) is 0.810. The van der Waals surface area contributed by atoms with Crippen LogP contribution in [0.1, 0.15) is 43.0 Å². The predicted molar refractivity (Wildman–Crippen MR) is 114 cm³/mol. The minimum atomic E-state index is -1.13. The number of carbonyl (C=O) groups is 2. The van der Waals surface area contributed by atoms with Gasteiger partial charge in [-0.3, -0.25) is 0 Å². The summed E-state index contributed by atoms with van der Waals surface area (Å²) < 4.78 is 1.87. The largest absolute Gasteiger partial charge is 0.478 e. The number of carboxylic acid groups (broad SMARTS) is 2. The van der Waals surface area contributed by atoms with Crippen LogP contribution < -0.4 is 0 Å². The third-order valence-corrected chi connectivity index (χ3v) is 5.46. The molecule has 0 unspecified atom stereocenters. The van der Waals surface area contributed by atoms with E-state index in [2.05, 4.69) is 31.9 Å². The predicted octanol–water partition coefficient (Wildman–Crippen LogP) is 5.79. The Morgan fingerprint density at radius 1 is 0.643 bits per heavy atom. The third kappa shape index (κ3) is 4.88. The smallest absolute Gasteiger partial charge is 0.336 e. The average Bonchev–Trinajstić information content (AvgIpc) is 2.65. The molecule has 0 heterocycles. The van der Waals surface area contributed by atoms with Gasteiger partial charge in [0.2, 0.25) is 0 Å². The molecular weight excluding hydrogens is 488 g/mol. The maximum atomic E-state index is 11.7. The van der Waals surface area contributed by atoms with Gasteiger partial charge < -0.3 is 10.2 Å². The molecule has 0 aliphatic rings. The standard InChI is InChI=1S/C22H16Br2O4/c23-17-5-1-13(2-6-17)9-15-11-16(10-14-3-7-18(24)8-4-14)20(22(27)28)12-19(15)21(25)26/h1-8,11-12H,9-10H2,(H,25,26)(H,27,28). The molecular formula is C22H16Br2O4. The fourth-order valence-electron chi connectivity index (χ4n) is 3.03. The van der Waals surface area contributed by atoms with Crippen molar-refractivity contribution >= 4 is 43.8 Å². The molecule has 0 fully saturated rings. The lowest BCUT2D eigenvalue weighted by Crippen LogP contribution is -2.11. The van der Waals surface area contributed by atoms with Crippen LogP contribution >= 0.6 is 31.9 Å². The van der Waals surface area contributed by atoms with Gasteiger partial charge in [-0.1, -0.05) is 62.2 Å². The Kier molecular flexibility index (Phi) is 6.31. The minimum absolute atomic E-state index is 0.0138. The Morgan fingerprint density at radius 2 is 1.00 bits per heavy atom. The number of hydrogen-bond donors (Lipinski definition) is 2. The first kappa shape index (κ1) is 20.3. The molecule has 0 radical (unpaired) electrons. The molecule has 3 aromatic carbocycles. The molecule has 3 rings (SSSR count). The van der Waals surface area contributed by atoms with E-state index < -0.39 is 11.9 Å². The van der Waals surface area contributed by atoms with Crippen LogP contribution in [0, 0.1) is 0 Å². The molecule has 28 heavy (non-hydrogen) atoms. The molecule has 4 nitrogen and oxygen atoms in total. The lowest BCUT2D eigenvalue weighted by molar-refractivity contribution is 0.0695. The van der Waals surface area contributed by atoms with Crippen LogP contribution in [0.3, 0.4) is 0 Å². The number of carboxylic acids is 2. The lowest BCUT2D eigenvalue weighted by atomic mass is 9.91.